The summed E-state index contributed by atoms with van der Waals surface area (Å²) in [6.07, 6.45) is 6.25. The van der Waals surface area contributed by atoms with Gasteiger partial charge in [0.15, 0.2) is 5.88 Å². The van der Waals surface area contributed by atoms with Crippen LogP contribution in [0.4, 0.5) is 0 Å². The van der Waals surface area contributed by atoms with Crippen LogP contribution in [0.2, 0.25) is 0 Å². The Kier molecular flexibility index (Phi) is 1.07. The highest BCUT2D eigenvalue weighted by atomic mass is 16.5. The first-order valence-electron chi connectivity index (χ1n) is 3.40. The minimum absolute atomic E-state index is 0.650. The van der Waals surface area contributed by atoms with Crippen LogP contribution in [0.3, 0.4) is 0 Å². The van der Waals surface area contributed by atoms with Crippen molar-refractivity contribution >= 4 is 0 Å². The zero-order valence-corrected chi connectivity index (χ0v) is 5.68. The van der Waals surface area contributed by atoms with Gasteiger partial charge in [0.1, 0.15) is 5.76 Å². The van der Waals surface area contributed by atoms with Crippen LogP contribution in [0.25, 0.3) is 0 Å². The highest BCUT2D eigenvalue weighted by Gasteiger charge is 2.17. The van der Waals surface area contributed by atoms with Crippen molar-refractivity contribution in [1.82, 2.24) is 5.32 Å². The Morgan fingerprint density at radius 2 is 2.50 bits per heavy atom. The van der Waals surface area contributed by atoms with Crippen molar-refractivity contribution in [2.24, 2.45) is 0 Å². The van der Waals surface area contributed by atoms with Crippen molar-refractivity contribution in [3.05, 3.63) is 36.1 Å². The summed E-state index contributed by atoms with van der Waals surface area (Å²) in [4.78, 5) is 0. The molecule has 10 heavy (non-hydrogen) atoms. The average molecular weight is 135 g/mol. The van der Waals surface area contributed by atoms with Crippen LogP contribution in [0, 0.1) is 0 Å². The zero-order valence-electron chi connectivity index (χ0n) is 5.68. The average Bonchev–Trinajstić information content (AvgIpc) is 2.27. The van der Waals surface area contributed by atoms with E-state index >= 15 is 0 Å². The predicted molar refractivity (Wildman–Crippen MR) is 38.8 cm³/mol. The molecule has 0 spiro atoms. The first kappa shape index (κ1) is 5.59. The van der Waals surface area contributed by atoms with Gasteiger partial charge >= 0.3 is 0 Å². The maximum absolute atomic E-state index is 5.25. The second-order valence-electron chi connectivity index (χ2n) is 2.43. The number of rotatable bonds is 0. The topological polar surface area (TPSA) is 21.3 Å². The normalized spacial score (nSPS) is 22.2. The fourth-order valence-corrected chi connectivity index (χ4v) is 1.19. The van der Waals surface area contributed by atoms with E-state index in [1.165, 1.54) is 5.70 Å². The van der Waals surface area contributed by atoms with Gasteiger partial charge in [0.05, 0.1) is 5.70 Å². The molecule has 0 amide bonds. The summed E-state index contributed by atoms with van der Waals surface area (Å²) in [5, 5.41) is 3.07. The molecule has 0 aromatic rings. The molecule has 0 aromatic carbocycles. The minimum atomic E-state index is 0.650. The van der Waals surface area contributed by atoms with Crippen LogP contribution in [-0.2, 0) is 4.74 Å². The SMILES string of the molecule is C=C1NC2=C(C=CCC2)O1. The van der Waals surface area contributed by atoms with E-state index < -0.39 is 0 Å². The molecule has 2 rings (SSSR count). The van der Waals surface area contributed by atoms with Gasteiger partial charge in [0.25, 0.3) is 0 Å². The largest absolute Gasteiger partial charge is 0.440 e. The summed E-state index contributed by atoms with van der Waals surface area (Å²) < 4.78 is 5.25. The van der Waals surface area contributed by atoms with Gasteiger partial charge in [-0.1, -0.05) is 6.08 Å². The Balaban J connectivity index is 2.29. The lowest BCUT2D eigenvalue weighted by Gasteiger charge is -2.02. The van der Waals surface area contributed by atoms with E-state index in [0.29, 0.717) is 5.88 Å². The van der Waals surface area contributed by atoms with Crippen LogP contribution in [-0.4, -0.2) is 0 Å². The number of ether oxygens (including phenoxy) is 1. The molecule has 0 saturated heterocycles. The van der Waals surface area contributed by atoms with Gasteiger partial charge in [0, 0.05) is 0 Å². The van der Waals surface area contributed by atoms with Gasteiger partial charge in [0.2, 0.25) is 0 Å². The summed E-state index contributed by atoms with van der Waals surface area (Å²) in [6.45, 7) is 3.67. The van der Waals surface area contributed by atoms with E-state index in [9.17, 15) is 0 Å². The monoisotopic (exact) mass is 135 g/mol. The quantitative estimate of drug-likeness (QED) is 0.545. The maximum Gasteiger partial charge on any atom is 0.190 e. The highest BCUT2D eigenvalue weighted by molar-refractivity contribution is 5.30. The van der Waals surface area contributed by atoms with Crippen molar-refractivity contribution in [2.75, 3.05) is 0 Å². The molecule has 1 aliphatic carbocycles. The molecule has 52 valence electrons. The van der Waals surface area contributed by atoms with Crippen molar-refractivity contribution in [3.63, 3.8) is 0 Å². The molecular formula is C8H9NO. The molecule has 0 radical (unpaired) electrons. The van der Waals surface area contributed by atoms with Crippen molar-refractivity contribution in [3.8, 4) is 0 Å². The Morgan fingerprint density at radius 1 is 1.60 bits per heavy atom. The molecule has 2 nitrogen and oxygen atoms in total. The van der Waals surface area contributed by atoms with E-state index in [1.54, 1.807) is 0 Å². The Labute approximate surface area is 59.9 Å². The van der Waals surface area contributed by atoms with E-state index in [4.69, 9.17) is 4.74 Å². The van der Waals surface area contributed by atoms with Crippen LogP contribution in [0.15, 0.2) is 36.1 Å². The molecule has 2 heteroatoms. The van der Waals surface area contributed by atoms with Crippen molar-refractivity contribution < 1.29 is 4.74 Å². The molecule has 0 unspecified atom stereocenters. The standard InChI is InChI=1S/C8H9NO/c1-6-9-7-4-2-3-5-8(7)10-6/h3,5,9H,1-2,4H2. The molecule has 0 saturated carbocycles. The second-order valence-corrected chi connectivity index (χ2v) is 2.43. The Hall–Kier alpha value is -1.18. The van der Waals surface area contributed by atoms with Gasteiger partial charge < -0.3 is 10.1 Å². The van der Waals surface area contributed by atoms with E-state index in [1.807, 2.05) is 6.08 Å². The molecule has 0 fully saturated rings. The fraction of sp³-hybridized carbons (Fsp3) is 0.250. The van der Waals surface area contributed by atoms with Crippen LogP contribution < -0.4 is 5.32 Å². The zero-order chi connectivity index (χ0) is 6.97. The van der Waals surface area contributed by atoms with Gasteiger partial charge in [-0.15, -0.1) is 0 Å². The molecular weight excluding hydrogens is 126 g/mol. The molecule has 2 aliphatic rings. The molecule has 0 aromatic heterocycles. The predicted octanol–water partition coefficient (Wildman–Crippen LogP) is 1.64. The summed E-state index contributed by atoms with van der Waals surface area (Å²) >= 11 is 0. The lowest BCUT2D eigenvalue weighted by atomic mass is 10.1. The third kappa shape index (κ3) is 0.727. The second kappa shape index (κ2) is 1.90. The summed E-state index contributed by atoms with van der Waals surface area (Å²) in [7, 11) is 0. The number of hydrogen-bond donors (Lipinski definition) is 1. The van der Waals surface area contributed by atoms with Crippen LogP contribution >= 0.6 is 0 Å². The summed E-state index contributed by atoms with van der Waals surface area (Å²) in [5.41, 5.74) is 1.17. The summed E-state index contributed by atoms with van der Waals surface area (Å²) in [5.74, 6) is 1.59. The summed E-state index contributed by atoms with van der Waals surface area (Å²) in [6, 6.07) is 0. The van der Waals surface area contributed by atoms with E-state index in [2.05, 4.69) is 18.0 Å². The molecule has 0 atom stereocenters. The Morgan fingerprint density at radius 3 is 3.30 bits per heavy atom. The molecule has 1 aliphatic heterocycles. The van der Waals surface area contributed by atoms with Gasteiger partial charge in [-0.25, -0.2) is 0 Å². The van der Waals surface area contributed by atoms with Gasteiger partial charge in [-0.2, -0.15) is 0 Å². The molecule has 0 bridgehead atoms. The lowest BCUT2D eigenvalue weighted by Crippen LogP contribution is -2.05. The maximum atomic E-state index is 5.25. The number of nitrogens with one attached hydrogen (secondary N) is 1. The first-order valence-corrected chi connectivity index (χ1v) is 3.40. The smallest absolute Gasteiger partial charge is 0.190 e. The third-order valence-electron chi connectivity index (χ3n) is 1.65. The minimum Gasteiger partial charge on any atom is -0.440 e. The van der Waals surface area contributed by atoms with Gasteiger partial charge in [-0.05, 0) is 25.5 Å². The number of allylic oxidation sites excluding steroid dienone is 3. The molecule has 1 N–H and O–H groups in total. The van der Waals surface area contributed by atoms with Gasteiger partial charge in [-0.3, -0.25) is 0 Å². The lowest BCUT2D eigenvalue weighted by molar-refractivity contribution is 0.331. The first-order chi connectivity index (χ1) is 4.86. The van der Waals surface area contributed by atoms with Crippen LogP contribution in [0.1, 0.15) is 12.8 Å². The van der Waals surface area contributed by atoms with E-state index in [0.717, 1.165) is 18.6 Å². The fourth-order valence-electron chi connectivity index (χ4n) is 1.19. The van der Waals surface area contributed by atoms with Crippen molar-refractivity contribution in [2.45, 2.75) is 12.8 Å². The Bertz CT molecular complexity index is 238. The molecule has 1 heterocycles. The van der Waals surface area contributed by atoms with Crippen molar-refractivity contribution in [1.29, 1.82) is 0 Å². The number of hydrogen-bond acceptors (Lipinski definition) is 2. The highest BCUT2D eigenvalue weighted by Crippen LogP contribution is 2.25. The third-order valence-corrected chi connectivity index (χ3v) is 1.65. The van der Waals surface area contributed by atoms with E-state index in [-0.39, 0.29) is 0 Å². The van der Waals surface area contributed by atoms with Crippen LogP contribution in [0.5, 0.6) is 0 Å².